The normalized spacial score (nSPS) is 12.5. The number of hydrogen-bond acceptors (Lipinski definition) is 3. The van der Waals surface area contributed by atoms with Crippen molar-refractivity contribution in [1.82, 2.24) is 20.4 Å². The molecule has 0 radical (unpaired) electrons. The van der Waals surface area contributed by atoms with Crippen LogP contribution in [-0.4, -0.2) is 38.8 Å². The molecule has 1 unspecified atom stereocenters. The van der Waals surface area contributed by atoms with Crippen LogP contribution in [0.25, 0.3) is 5.69 Å². The molecule has 0 saturated carbocycles. The van der Waals surface area contributed by atoms with Gasteiger partial charge in [0.05, 0.1) is 17.9 Å². The topological polar surface area (TPSA) is 71.3 Å². The van der Waals surface area contributed by atoms with Crippen LogP contribution >= 0.6 is 0 Å². The minimum absolute atomic E-state index is 0.525. The molecule has 0 saturated heterocycles. The number of guanidine groups is 1. The summed E-state index contributed by atoms with van der Waals surface area (Å²) >= 11 is 0. The van der Waals surface area contributed by atoms with E-state index in [0.717, 1.165) is 40.7 Å². The highest BCUT2D eigenvalue weighted by molar-refractivity contribution is 7.84. The standard InChI is InChI=1S/C24H31N5OS/c1-4-25-24(26-14-15-31(30)18-21-10-6-5-7-11-21)27-17-22-12-8-9-13-23(22)29-20(3)16-19(2)28-29/h5-13,16H,4,14-15,17-18H2,1-3H3,(H2,25,26,27). The lowest BCUT2D eigenvalue weighted by molar-refractivity contribution is 0.680. The average Bonchev–Trinajstić information content (AvgIpc) is 3.10. The maximum absolute atomic E-state index is 12.4. The number of aryl methyl sites for hydroxylation is 2. The minimum Gasteiger partial charge on any atom is -0.357 e. The molecule has 0 amide bonds. The summed E-state index contributed by atoms with van der Waals surface area (Å²) in [5, 5.41) is 11.2. The van der Waals surface area contributed by atoms with E-state index >= 15 is 0 Å². The molecule has 1 atom stereocenters. The van der Waals surface area contributed by atoms with Crippen LogP contribution in [0.15, 0.2) is 65.7 Å². The molecule has 31 heavy (non-hydrogen) atoms. The molecule has 0 aliphatic rings. The Hall–Kier alpha value is -2.93. The van der Waals surface area contributed by atoms with Crippen molar-refractivity contribution in [2.45, 2.75) is 33.1 Å². The first-order chi connectivity index (χ1) is 15.1. The largest absolute Gasteiger partial charge is 0.357 e. The van der Waals surface area contributed by atoms with E-state index < -0.39 is 10.8 Å². The van der Waals surface area contributed by atoms with Crippen LogP contribution in [0.4, 0.5) is 0 Å². The van der Waals surface area contributed by atoms with Gasteiger partial charge in [-0.2, -0.15) is 5.10 Å². The van der Waals surface area contributed by atoms with E-state index in [1.165, 1.54) is 0 Å². The third-order valence-electron chi connectivity index (χ3n) is 4.77. The van der Waals surface area contributed by atoms with Gasteiger partial charge in [0.2, 0.25) is 0 Å². The zero-order valence-electron chi connectivity index (χ0n) is 18.5. The first-order valence-corrected chi connectivity index (χ1v) is 12.1. The van der Waals surface area contributed by atoms with Crippen molar-refractivity contribution in [3.8, 4) is 5.69 Å². The van der Waals surface area contributed by atoms with Gasteiger partial charge in [-0.1, -0.05) is 48.5 Å². The van der Waals surface area contributed by atoms with Gasteiger partial charge in [0.1, 0.15) is 0 Å². The monoisotopic (exact) mass is 437 g/mol. The quantitative estimate of drug-likeness (QED) is 0.397. The third-order valence-corrected chi connectivity index (χ3v) is 6.09. The van der Waals surface area contributed by atoms with Crippen molar-refractivity contribution >= 4 is 16.8 Å². The van der Waals surface area contributed by atoms with Gasteiger partial charge >= 0.3 is 0 Å². The second-order valence-corrected chi connectivity index (χ2v) is 8.94. The molecule has 2 N–H and O–H groups in total. The van der Waals surface area contributed by atoms with Gasteiger partial charge in [-0.25, -0.2) is 9.67 Å². The predicted molar refractivity (Wildman–Crippen MR) is 129 cm³/mol. The Morgan fingerprint density at radius 3 is 2.52 bits per heavy atom. The summed E-state index contributed by atoms with van der Waals surface area (Å²) in [5.41, 5.74) is 5.33. The van der Waals surface area contributed by atoms with Gasteiger partial charge in [0, 0.05) is 41.1 Å². The molecule has 3 rings (SSSR count). The van der Waals surface area contributed by atoms with E-state index in [1.807, 2.05) is 61.0 Å². The number of hydrogen-bond donors (Lipinski definition) is 2. The van der Waals surface area contributed by atoms with Crippen LogP contribution in [0.2, 0.25) is 0 Å². The second kappa shape index (κ2) is 11.5. The molecule has 0 spiro atoms. The average molecular weight is 438 g/mol. The predicted octanol–water partition coefficient (Wildman–Crippen LogP) is 3.49. The smallest absolute Gasteiger partial charge is 0.191 e. The molecule has 0 bridgehead atoms. The summed E-state index contributed by atoms with van der Waals surface area (Å²) in [6.07, 6.45) is 0. The number of rotatable bonds is 9. The maximum atomic E-state index is 12.4. The Balaban J connectivity index is 1.61. The van der Waals surface area contributed by atoms with Crippen molar-refractivity contribution in [3.05, 3.63) is 83.2 Å². The molecule has 3 aromatic rings. The van der Waals surface area contributed by atoms with Gasteiger partial charge in [0.25, 0.3) is 0 Å². The van der Waals surface area contributed by atoms with Crippen molar-refractivity contribution in [1.29, 1.82) is 0 Å². The van der Waals surface area contributed by atoms with Crippen LogP contribution in [0.1, 0.15) is 29.4 Å². The van der Waals surface area contributed by atoms with E-state index in [2.05, 4.69) is 40.9 Å². The van der Waals surface area contributed by atoms with Gasteiger partial charge in [0.15, 0.2) is 5.96 Å². The van der Waals surface area contributed by atoms with Gasteiger partial charge in [-0.3, -0.25) is 4.21 Å². The summed E-state index contributed by atoms with van der Waals surface area (Å²) in [7, 11) is -0.917. The lowest BCUT2D eigenvalue weighted by Crippen LogP contribution is -2.39. The summed E-state index contributed by atoms with van der Waals surface area (Å²) in [6.45, 7) is 7.98. The lowest BCUT2D eigenvalue weighted by atomic mass is 10.2. The van der Waals surface area contributed by atoms with Crippen molar-refractivity contribution < 1.29 is 4.21 Å². The molecule has 6 nitrogen and oxygen atoms in total. The van der Waals surface area contributed by atoms with Crippen LogP contribution in [-0.2, 0) is 23.1 Å². The van der Waals surface area contributed by atoms with E-state index in [1.54, 1.807) is 0 Å². The number of aliphatic imine (C=N–C) groups is 1. The number of nitrogens with zero attached hydrogens (tertiary/aromatic N) is 3. The number of nitrogens with one attached hydrogen (secondary N) is 2. The van der Waals surface area contributed by atoms with E-state index in [-0.39, 0.29) is 0 Å². The van der Waals surface area contributed by atoms with Gasteiger partial charge in [-0.15, -0.1) is 0 Å². The maximum Gasteiger partial charge on any atom is 0.191 e. The molecule has 1 aromatic heterocycles. The first kappa shape index (κ1) is 22.7. The highest BCUT2D eigenvalue weighted by atomic mass is 32.2. The summed E-state index contributed by atoms with van der Waals surface area (Å²) in [5.74, 6) is 1.87. The van der Waals surface area contributed by atoms with Crippen LogP contribution < -0.4 is 10.6 Å². The summed E-state index contributed by atoms with van der Waals surface area (Å²) in [4.78, 5) is 4.74. The highest BCUT2D eigenvalue weighted by Crippen LogP contribution is 2.17. The molecule has 0 fully saturated rings. The second-order valence-electron chi connectivity index (χ2n) is 7.36. The fraction of sp³-hybridized carbons (Fsp3) is 0.333. The molecule has 7 heteroatoms. The Bertz CT molecular complexity index is 1030. The number of aromatic nitrogens is 2. The third kappa shape index (κ3) is 6.79. The fourth-order valence-electron chi connectivity index (χ4n) is 3.35. The zero-order valence-corrected chi connectivity index (χ0v) is 19.3. The fourth-order valence-corrected chi connectivity index (χ4v) is 4.38. The van der Waals surface area contributed by atoms with Crippen LogP contribution in [0, 0.1) is 13.8 Å². The Kier molecular flexibility index (Phi) is 8.41. The molecular formula is C24H31N5OS. The molecule has 164 valence electrons. The zero-order chi connectivity index (χ0) is 22.1. The Morgan fingerprint density at radius 1 is 1.06 bits per heavy atom. The Labute approximate surface area is 187 Å². The van der Waals surface area contributed by atoms with Crippen molar-refractivity contribution in [3.63, 3.8) is 0 Å². The molecule has 0 aliphatic carbocycles. The van der Waals surface area contributed by atoms with Crippen LogP contribution in [0.5, 0.6) is 0 Å². The van der Waals surface area contributed by atoms with Crippen LogP contribution in [0.3, 0.4) is 0 Å². The highest BCUT2D eigenvalue weighted by Gasteiger charge is 2.09. The van der Waals surface area contributed by atoms with Gasteiger partial charge < -0.3 is 10.6 Å². The number of para-hydroxylation sites is 1. The minimum atomic E-state index is -0.917. The van der Waals surface area contributed by atoms with Crippen molar-refractivity contribution in [2.24, 2.45) is 4.99 Å². The molecular weight excluding hydrogens is 406 g/mol. The lowest BCUT2D eigenvalue weighted by Gasteiger charge is -2.13. The van der Waals surface area contributed by atoms with Gasteiger partial charge in [-0.05, 0) is 44.0 Å². The van der Waals surface area contributed by atoms with E-state index in [4.69, 9.17) is 4.99 Å². The molecule has 0 aliphatic heterocycles. The van der Waals surface area contributed by atoms with E-state index in [0.29, 0.717) is 24.6 Å². The molecule has 2 aromatic carbocycles. The summed E-state index contributed by atoms with van der Waals surface area (Å²) in [6, 6.07) is 20.2. The summed E-state index contributed by atoms with van der Waals surface area (Å²) < 4.78 is 14.3. The number of benzene rings is 2. The van der Waals surface area contributed by atoms with E-state index in [9.17, 15) is 4.21 Å². The Morgan fingerprint density at radius 2 is 1.81 bits per heavy atom. The van der Waals surface area contributed by atoms with Crippen molar-refractivity contribution in [2.75, 3.05) is 18.8 Å². The SMILES string of the molecule is CCNC(=NCc1ccccc1-n1nc(C)cc1C)NCCS(=O)Cc1ccccc1. The first-order valence-electron chi connectivity index (χ1n) is 10.6. The molecule has 1 heterocycles.